The second-order valence-electron chi connectivity index (χ2n) is 5.36. The normalized spacial score (nSPS) is 17.5. The second-order valence-corrected chi connectivity index (χ2v) is 5.36. The molecule has 1 heterocycles. The summed E-state index contributed by atoms with van der Waals surface area (Å²) in [5, 5.41) is 11.7. The summed E-state index contributed by atoms with van der Waals surface area (Å²) < 4.78 is 5.12. The van der Waals surface area contributed by atoms with Crippen LogP contribution in [0, 0.1) is 0 Å². The van der Waals surface area contributed by atoms with E-state index in [1.54, 1.807) is 12.0 Å². The van der Waals surface area contributed by atoms with Gasteiger partial charge in [-0.05, 0) is 6.42 Å². The minimum absolute atomic E-state index is 0.0524. The Hall–Kier alpha value is -1.34. The van der Waals surface area contributed by atoms with Gasteiger partial charge in [-0.2, -0.15) is 0 Å². The van der Waals surface area contributed by atoms with Crippen LogP contribution < -0.4 is 5.32 Å². The van der Waals surface area contributed by atoms with Crippen molar-refractivity contribution in [2.45, 2.75) is 32.2 Å². The number of ether oxygens (including phenoxy) is 1. The smallest absolute Gasteiger partial charge is 0.317 e. The molecule has 0 spiro atoms. The Balaban J connectivity index is 2.31. The molecule has 0 aromatic carbocycles. The summed E-state index contributed by atoms with van der Waals surface area (Å²) in [6.45, 7) is 5.88. The van der Waals surface area contributed by atoms with E-state index < -0.39 is 5.97 Å². The number of amides is 2. The molecule has 0 radical (unpaired) electrons. The number of carbonyl (C=O) groups excluding carboxylic acids is 1. The minimum atomic E-state index is -0.780. The summed E-state index contributed by atoms with van der Waals surface area (Å²) in [6, 6.07) is 0.000856. The van der Waals surface area contributed by atoms with Crippen molar-refractivity contribution in [3.8, 4) is 0 Å². The average Bonchev–Trinajstić information content (AvgIpc) is 2.46. The maximum atomic E-state index is 12.2. The molecule has 2 N–H and O–H groups in total. The first kappa shape index (κ1) is 17.7. The van der Waals surface area contributed by atoms with Gasteiger partial charge in [0.2, 0.25) is 0 Å². The number of rotatable bonds is 8. The number of hydrogen-bond acceptors (Lipinski definition) is 4. The van der Waals surface area contributed by atoms with Crippen LogP contribution >= 0.6 is 0 Å². The number of carboxylic acid groups (broad SMARTS) is 1. The summed E-state index contributed by atoms with van der Waals surface area (Å²) in [5.41, 5.74) is 0. The van der Waals surface area contributed by atoms with Gasteiger partial charge in [0.1, 0.15) is 0 Å². The Morgan fingerprint density at radius 3 is 2.48 bits per heavy atom. The highest BCUT2D eigenvalue weighted by atomic mass is 16.5. The fraction of sp³-hybridized carbons (Fsp3) is 0.857. The number of aliphatic carboxylic acids is 1. The van der Waals surface area contributed by atoms with E-state index in [1.165, 1.54) is 0 Å². The average molecular weight is 301 g/mol. The zero-order valence-corrected chi connectivity index (χ0v) is 13.0. The molecule has 2 amide bonds. The SMILES string of the molecule is CCCC(COC)NC(=O)N1CCN(CCC(=O)O)CC1. The lowest BCUT2D eigenvalue weighted by molar-refractivity contribution is -0.137. The monoisotopic (exact) mass is 301 g/mol. The Kier molecular flexibility index (Phi) is 8.07. The van der Waals surface area contributed by atoms with Crippen molar-refractivity contribution in [3.63, 3.8) is 0 Å². The number of piperazine rings is 1. The summed E-state index contributed by atoms with van der Waals surface area (Å²) >= 11 is 0. The number of urea groups is 1. The van der Waals surface area contributed by atoms with Crippen LogP contribution in [0.5, 0.6) is 0 Å². The van der Waals surface area contributed by atoms with Crippen molar-refractivity contribution < 1.29 is 19.4 Å². The third-order valence-corrected chi connectivity index (χ3v) is 3.63. The van der Waals surface area contributed by atoms with Gasteiger partial charge < -0.3 is 20.1 Å². The quantitative estimate of drug-likeness (QED) is 0.686. The molecule has 1 atom stereocenters. The van der Waals surface area contributed by atoms with Gasteiger partial charge in [-0.15, -0.1) is 0 Å². The molecule has 0 bridgehead atoms. The van der Waals surface area contributed by atoms with Crippen molar-refractivity contribution in [3.05, 3.63) is 0 Å². The first-order chi connectivity index (χ1) is 10.1. The van der Waals surface area contributed by atoms with Gasteiger partial charge in [0.25, 0.3) is 0 Å². The van der Waals surface area contributed by atoms with Crippen molar-refractivity contribution in [2.75, 3.05) is 46.4 Å². The molecule has 1 unspecified atom stereocenters. The van der Waals surface area contributed by atoms with E-state index in [4.69, 9.17) is 9.84 Å². The fourth-order valence-electron chi connectivity index (χ4n) is 2.44. The molecule has 1 aliphatic rings. The molecule has 1 rings (SSSR count). The maximum absolute atomic E-state index is 12.2. The lowest BCUT2D eigenvalue weighted by Crippen LogP contribution is -2.54. The Morgan fingerprint density at radius 1 is 1.29 bits per heavy atom. The molecule has 1 aliphatic heterocycles. The van der Waals surface area contributed by atoms with E-state index in [1.807, 2.05) is 0 Å². The second kappa shape index (κ2) is 9.57. The van der Waals surface area contributed by atoms with Crippen LogP contribution in [0.3, 0.4) is 0 Å². The molecule has 0 saturated carbocycles. The molecule has 21 heavy (non-hydrogen) atoms. The van der Waals surface area contributed by atoms with Gasteiger partial charge in [-0.3, -0.25) is 9.69 Å². The molecule has 0 aromatic heterocycles. The van der Waals surface area contributed by atoms with Gasteiger partial charge >= 0.3 is 12.0 Å². The first-order valence-electron chi connectivity index (χ1n) is 7.55. The molecule has 1 fully saturated rings. The van der Waals surface area contributed by atoms with Crippen LogP contribution in [0.25, 0.3) is 0 Å². The van der Waals surface area contributed by atoms with E-state index in [-0.39, 0.29) is 18.5 Å². The molecule has 122 valence electrons. The molecule has 7 nitrogen and oxygen atoms in total. The number of nitrogens with zero attached hydrogens (tertiary/aromatic N) is 2. The van der Waals surface area contributed by atoms with E-state index >= 15 is 0 Å². The van der Waals surface area contributed by atoms with Crippen molar-refractivity contribution in [1.82, 2.24) is 15.1 Å². The zero-order chi connectivity index (χ0) is 15.7. The zero-order valence-electron chi connectivity index (χ0n) is 13.0. The highest BCUT2D eigenvalue weighted by molar-refractivity contribution is 5.74. The third kappa shape index (κ3) is 6.77. The van der Waals surface area contributed by atoms with Gasteiger partial charge in [-0.1, -0.05) is 13.3 Å². The number of methoxy groups -OCH3 is 1. The lowest BCUT2D eigenvalue weighted by atomic mass is 10.2. The van der Waals surface area contributed by atoms with E-state index in [9.17, 15) is 9.59 Å². The number of nitrogens with one attached hydrogen (secondary N) is 1. The van der Waals surface area contributed by atoms with Crippen molar-refractivity contribution >= 4 is 12.0 Å². The van der Waals surface area contributed by atoms with Crippen molar-refractivity contribution in [1.29, 1.82) is 0 Å². The third-order valence-electron chi connectivity index (χ3n) is 3.63. The molecule has 0 aliphatic carbocycles. The van der Waals surface area contributed by atoms with Gasteiger partial charge in [0.15, 0.2) is 0 Å². The first-order valence-corrected chi connectivity index (χ1v) is 7.55. The fourth-order valence-corrected chi connectivity index (χ4v) is 2.44. The minimum Gasteiger partial charge on any atom is -0.481 e. The molecule has 0 aromatic rings. The number of hydrogen-bond donors (Lipinski definition) is 2. The van der Waals surface area contributed by atoms with Gasteiger partial charge in [0.05, 0.1) is 19.1 Å². The highest BCUT2D eigenvalue weighted by Crippen LogP contribution is 2.05. The summed E-state index contributed by atoms with van der Waals surface area (Å²) in [6.07, 6.45) is 2.05. The lowest BCUT2D eigenvalue weighted by Gasteiger charge is -2.35. The standard InChI is InChI=1S/C14H27N3O4/c1-3-4-12(11-21-2)15-14(20)17-9-7-16(8-10-17)6-5-13(18)19/h12H,3-11H2,1-2H3,(H,15,20)(H,18,19). The number of carboxylic acids is 1. The Bertz CT molecular complexity index is 324. The van der Waals surface area contributed by atoms with E-state index in [0.717, 1.165) is 25.9 Å². The van der Waals surface area contributed by atoms with Crippen LogP contribution in [0.4, 0.5) is 4.79 Å². The molecular formula is C14H27N3O4. The van der Waals surface area contributed by atoms with Crippen LogP contribution in [0.15, 0.2) is 0 Å². The highest BCUT2D eigenvalue weighted by Gasteiger charge is 2.22. The predicted molar refractivity (Wildman–Crippen MR) is 79.4 cm³/mol. The van der Waals surface area contributed by atoms with Crippen molar-refractivity contribution in [2.24, 2.45) is 0 Å². The summed E-state index contributed by atoms with van der Waals surface area (Å²) in [7, 11) is 1.63. The van der Waals surface area contributed by atoms with Crippen LogP contribution in [0.1, 0.15) is 26.2 Å². The topological polar surface area (TPSA) is 82.1 Å². The predicted octanol–water partition coefficient (Wildman–Crippen LogP) is 0.603. The van der Waals surface area contributed by atoms with Crippen LogP contribution in [-0.2, 0) is 9.53 Å². The molecule has 7 heteroatoms. The number of carbonyl (C=O) groups is 2. The summed E-state index contributed by atoms with van der Waals surface area (Å²) in [4.78, 5) is 26.6. The van der Waals surface area contributed by atoms with Gasteiger partial charge in [-0.25, -0.2) is 4.79 Å². The van der Waals surface area contributed by atoms with E-state index in [0.29, 0.717) is 26.2 Å². The Labute approximate surface area is 126 Å². The maximum Gasteiger partial charge on any atom is 0.317 e. The van der Waals surface area contributed by atoms with E-state index in [2.05, 4.69) is 17.1 Å². The van der Waals surface area contributed by atoms with Crippen LogP contribution in [0.2, 0.25) is 0 Å². The molecule has 1 saturated heterocycles. The largest absolute Gasteiger partial charge is 0.481 e. The molecular weight excluding hydrogens is 274 g/mol. The Morgan fingerprint density at radius 2 is 1.95 bits per heavy atom. The van der Waals surface area contributed by atoms with Gasteiger partial charge in [0, 0.05) is 39.8 Å². The van der Waals surface area contributed by atoms with Crippen LogP contribution in [-0.4, -0.2) is 79.4 Å². The summed E-state index contributed by atoms with van der Waals surface area (Å²) in [5.74, 6) is -0.780.